The lowest BCUT2D eigenvalue weighted by molar-refractivity contribution is 0.626. The minimum atomic E-state index is -0.256. The average molecular weight is 371 g/mol. The summed E-state index contributed by atoms with van der Waals surface area (Å²) < 4.78 is 13.4. The summed E-state index contributed by atoms with van der Waals surface area (Å²) in [6.07, 6.45) is 0.749. The summed E-state index contributed by atoms with van der Waals surface area (Å²) in [5.74, 6) is 1.34. The van der Waals surface area contributed by atoms with Gasteiger partial charge >= 0.3 is 0 Å². The van der Waals surface area contributed by atoms with E-state index in [4.69, 9.17) is 0 Å². The van der Waals surface area contributed by atoms with Crippen LogP contribution in [0, 0.1) is 11.7 Å². The van der Waals surface area contributed by atoms with Crippen LogP contribution in [0.4, 0.5) is 4.39 Å². The van der Waals surface area contributed by atoms with Crippen LogP contribution in [-0.4, -0.2) is 9.97 Å². The molecule has 1 N–H and O–H groups in total. The van der Waals surface area contributed by atoms with Gasteiger partial charge in [0.05, 0.1) is 11.4 Å². The van der Waals surface area contributed by atoms with Gasteiger partial charge in [0, 0.05) is 4.90 Å². The summed E-state index contributed by atoms with van der Waals surface area (Å²) in [6.45, 7) is 4.17. The van der Waals surface area contributed by atoms with Gasteiger partial charge in [-0.25, -0.2) is 9.37 Å². The van der Waals surface area contributed by atoms with Gasteiger partial charge in [-0.1, -0.05) is 13.8 Å². The third-order valence-electron chi connectivity index (χ3n) is 2.77. The first kappa shape index (κ1) is 16.2. The van der Waals surface area contributed by atoms with Crippen LogP contribution in [0.3, 0.4) is 0 Å². The Hall–Kier alpha value is -1.14. The number of benzene rings is 1. The molecule has 6 heteroatoms. The monoisotopic (exact) mass is 370 g/mol. The van der Waals surface area contributed by atoms with E-state index in [0.717, 1.165) is 17.0 Å². The van der Waals surface area contributed by atoms with E-state index in [2.05, 4.69) is 39.7 Å². The molecule has 0 saturated heterocycles. The van der Waals surface area contributed by atoms with Crippen molar-refractivity contribution in [3.8, 4) is 0 Å². The van der Waals surface area contributed by atoms with E-state index < -0.39 is 0 Å². The molecule has 1 aromatic heterocycles. The standard InChI is InChI=1S/C15H16BrFN2OS/c1-9(2)7-12-14(16)15(20)19-13(18-12)8-21-11-5-3-10(17)4-6-11/h3-6,9H,7-8H2,1-2H3,(H,18,19,20). The second-order valence-corrected chi connectivity index (χ2v) is 6.96. The van der Waals surface area contributed by atoms with E-state index in [9.17, 15) is 9.18 Å². The van der Waals surface area contributed by atoms with Crippen molar-refractivity contribution in [3.63, 3.8) is 0 Å². The highest BCUT2D eigenvalue weighted by atomic mass is 79.9. The molecule has 0 spiro atoms. The minimum Gasteiger partial charge on any atom is -0.309 e. The van der Waals surface area contributed by atoms with Crippen LogP contribution in [0.1, 0.15) is 25.4 Å². The number of rotatable bonds is 5. The van der Waals surface area contributed by atoms with Gasteiger partial charge in [0.25, 0.3) is 5.56 Å². The molecule has 21 heavy (non-hydrogen) atoms. The van der Waals surface area contributed by atoms with Crippen LogP contribution in [0.25, 0.3) is 0 Å². The van der Waals surface area contributed by atoms with E-state index in [1.807, 2.05) is 0 Å². The number of nitrogens with zero attached hydrogens (tertiary/aromatic N) is 1. The number of hydrogen-bond acceptors (Lipinski definition) is 3. The van der Waals surface area contributed by atoms with E-state index in [1.54, 1.807) is 12.1 Å². The highest BCUT2D eigenvalue weighted by molar-refractivity contribution is 9.10. The Kier molecular flexibility index (Phi) is 5.58. The fraction of sp³-hybridized carbons (Fsp3) is 0.333. The molecule has 0 unspecified atom stereocenters. The molecular weight excluding hydrogens is 355 g/mol. The van der Waals surface area contributed by atoms with Crippen LogP contribution >= 0.6 is 27.7 Å². The van der Waals surface area contributed by atoms with Crippen LogP contribution in [0.5, 0.6) is 0 Å². The van der Waals surface area contributed by atoms with Gasteiger partial charge in [-0.3, -0.25) is 4.79 Å². The molecule has 0 aliphatic rings. The molecule has 2 rings (SSSR count). The number of aromatic nitrogens is 2. The molecule has 112 valence electrons. The quantitative estimate of drug-likeness (QED) is 0.803. The van der Waals surface area contributed by atoms with Gasteiger partial charge in [0.15, 0.2) is 0 Å². The zero-order valence-corrected chi connectivity index (χ0v) is 14.2. The molecule has 2 aromatic rings. The number of halogens is 2. The molecule has 0 aliphatic carbocycles. The summed E-state index contributed by atoms with van der Waals surface area (Å²) in [5.41, 5.74) is 0.624. The summed E-state index contributed by atoms with van der Waals surface area (Å²) >= 11 is 4.80. The SMILES string of the molecule is CC(C)Cc1nc(CSc2ccc(F)cc2)[nH]c(=O)c1Br. The zero-order chi connectivity index (χ0) is 15.4. The first-order valence-corrected chi connectivity index (χ1v) is 8.39. The largest absolute Gasteiger partial charge is 0.309 e. The lowest BCUT2D eigenvalue weighted by Gasteiger charge is -2.08. The van der Waals surface area contributed by atoms with E-state index in [0.29, 0.717) is 22.0 Å². The number of hydrogen-bond donors (Lipinski definition) is 1. The van der Waals surface area contributed by atoms with Gasteiger partial charge in [-0.2, -0.15) is 0 Å². The number of nitrogens with one attached hydrogen (secondary N) is 1. The maximum Gasteiger partial charge on any atom is 0.265 e. The smallest absolute Gasteiger partial charge is 0.265 e. The van der Waals surface area contributed by atoms with Gasteiger partial charge in [-0.15, -0.1) is 11.8 Å². The molecule has 0 amide bonds. The van der Waals surface area contributed by atoms with E-state index >= 15 is 0 Å². The van der Waals surface area contributed by atoms with Crippen LogP contribution in [-0.2, 0) is 12.2 Å². The Morgan fingerprint density at radius 1 is 1.33 bits per heavy atom. The molecule has 0 saturated carbocycles. The number of H-pyrrole nitrogens is 1. The molecule has 1 heterocycles. The van der Waals surface area contributed by atoms with Crippen molar-refractivity contribution in [2.24, 2.45) is 5.92 Å². The summed E-state index contributed by atoms with van der Waals surface area (Å²) in [6, 6.07) is 6.27. The lowest BCUT2D eigenvalue weighted by atomic mass is 10.1. The highest BCUT2D eigenvalue weighted by Crippen LogP contribution is 2.22. The normalized spacial score (nSPS) is 11.1. The van der Waals surface area contributed by atoms with Crippen LogP contribution in [0.2, 0.25) is 0 Å². The van der Waals surface area contributed by atoms with Crippen LogP contribution in [0.15, 0.2) is 38.4 Å². The first-order valence-electron chi connectivity index (χ1n) is 6.61. The van der Waals surface area contributed by atoms with Gasteiger partial charge in [0.1, 0.15) is 16.1 Å². The second kappa shape index (κ2) is 7.22. The fourth-order valence-electron chi connectivity index (χ4n) is 1.83. The Morgan fingerprint density at radius 3 is 2.62 bits per heavy atom. The second-order valence-electron chi connectivity index (χ2n) is 5.11. The van der Waals surface area contributed by atoms with Crippen LogP contribution < -0.4 is 5.56 Å². The van der Waals surface area contributed by atoms with Crippen molar-refractivity contribution in [2.45, 2.75) is 30.9 Å². The maximum atomic E-state index is 12.8. The lowest BCUT2D eigenvalue weighted by Crippen LogP contribution is -2.16. The summed E-state index contributed by atoms with van der Waals surface area (Å²) in [5, 5.41) is 0. The average Bonchev–Trinajstić information content (AvgIpc) is 2.43. The Morgan fingerprint density at radius 2 is 2.00 bits per heavy atom. The Bertz CT molecular complexity index is 670. The third-order valence-corrected chi connectivity index (χ3v) is 4.61. The van der Waals surface area contributed by atoms with Gasteiger partial charge in [-0.05, 0) is 52.5 Å². The van der Waals surface area contributed by atoms with E-state index in [1.165, 1.54) is 23.9 Å². The molecule has 0 fully saturated rings. The predicted molar refractivity (Wildman–Crippen MR) is 87.1 cm³/mol. The van der Waals surface area contributed by atoms with Crippen molar-refractivity contribution in [2.75, 3.05) is 0 Å². The molecule has 0 bridgehead atoms. The van der Waals surface area contributed by atoms with Crippen molar-refractivity contribution >= 4 is 27.7 Å². The van der Waals surface area contributed by atoms with Gasteiger partial charge in [0.2, 0.25) is 0 Å². The van der Waals surface area contributed by atoms with E-state index in [-0.39, 0.29) is 11.4 Å². The minimum absolute atomic E-state index is 0.157. The third kappa shape index (κ3) is 4.68. The number of aromatic amines is 1. The molecular formula is C15H16BrFN2OS. The molecule has 0 atom stereocenters. The highest BCUT2D eigenvalue weighted by Gasteiger charge is 2.11. The predicted octanol–water partition coefficient (Wildman–Crippen LogP) is 4.16. The van der Waals surface area contributed by atoms with Crippen molar-refractivity contribution in [1.29, 1.82) is 0 Å². The van der Waals surface area contributed by atoms with Crippen molar-refractivity contribution < 1.29 is 4.39 Å². The fourth-order valence-corrected chi connectivity index (χ4v) is 2.95. The zero-order valence-electron chi connectivity index (χ0n) is 11.8. The maximum absolute atomic E-state index is 12.8. The summed E-state index contributed by atoms with van der Waals surface area (Å²) in [4.78, 5) is 20.1. The topological polar surface area (TPSA) is 45.8 Å². The number of thioether (sulfide) groups is 1. The van der Waals surface area contributed by atoms with Crippen molar-refractivity contribution in [1.82, 2.24) is 9.97 Å². The Balaban J connectivity index is 2.14. The first-order chi connectivity index (χ1) is 9.95. The van der Waals surface area contributed by atoms with Gasteiger partial charge < -0.3 is 4.98 Å². The molecule has 0 aliphatic heterocycles. The Labute approximate surface area is 135 Å². The molecule has 1 aromatic carbocycles. The summed E-state index contributed by atoms with van der Waals surface area (Å²) in [7, 11) is 0. The molecule has 0 radical (unpaired) electrons. The van der Waals surface area contributed by atoms with Crippen molar-refractivity contribution in [3.05, 3.63) is 56.4 Å². The molecule has 3 nitrogen and oxygen atoms in total.